The zero-order chi connectivity index (χ0) is 12.7. The van der Waals surface area contributed by atoms with Crippen molar-refractivity contribution in [1.82, 2.24) is 10.6 Å². The number of nitrogens with one attached hydrogen (secondary N) is 2. The Morgan fingerprint density at radius 3 is 2.71 bits per heavy atom. The van der Waals surface area contributed by atoms with Crippen molar-refractivity contribution in [3.63, 3.8) is 0 Å². The summed E-state index contributed by atoms with van der Waals surface area (Å²) in [6.07, 6.45) is 6.44. The van der Waals surface area contributed by atoms with Crippen LogP contribution in [0.5, 0.6) is 0 Å². The standard InChI is InChI=1S/C14H28N2O/c1-4-7-12(3)16-13(17)14(8-5-2)9-6-10-15-11-14/h12,15H,4-11H2,1-3H3,(H,16,17). The Kier molecular flexibility index (Phi) is 5.96. The molecule has 1 aliphatic heterocycles. The number of hydrogen-bond donors (Lipinski definition) is 2. The van der Waals surface area contributed by atoms with Crippen LogP contribution in [-0.2, 0) is 4.79 Å². The van der Waals surface area contributed by atoms with Crippen LogP contribution in [0.3, 0.4) is 0 Å². The summed E-state index contributed by atoms with van der Waals surface area (Å²) in [5, 5.41) is 6.58. The summed E-state index contributed by atoms with van der Waals surface area (Å²) in [5.74, 6) is 0.271. The van der Waals surface area contributed by atoms with Gasteiger partial charge >= 0.3 is 0 Å². The molecule has 1 amide bonds. The maximum Gasteiger partial charge on any atom is 0.227 e. The summed E-state index contributed by atoms with van der Waals surface area (Å²) < 4.78 is 0. The van der Waals surface area contributed by atoms with Gasteiger partial charge in [0.2, 0.25) is 5.91 Å². The highest BCUT2D eigenvalue weighted by Gasteiger charge is 2.38. The van der Waals surface area contributed by atoms with Gasteiger partial charge in [0.1, 0.15) is 0 Å². The minimum Gasteiger partial charge on any atom is -0.353 e. The first-order valence-electron chi connectivity index (χ1n) is 7.16. The summed E-state index contributed by atoms with van der Waals surface area (Å²) in [5.41, 5.74) is -0.144. The van der Waals surface area contributed by atoms with E-state index in [2.05, 4.69) is 31.4 Å². The molecule has 0 aromatic rings. The van der Waals surface area contributed by atoms with Gasteiger partial charge in [-0.25, -0.2) is 0 Å². The van der Waals surface area contributed by atoms with E-state index in [0.29, 0.717) is 6.04 Å². The number of carbonyl (C=O) groups is 1. The van der Waals surface area contributed by atoms with Crippen LogP contribution < -0.4 is 10.6 Å². The van der Waals surface area contributed by atoms with E-state index in [-0.39, 0.29) is 11.3 Å². The maximum absolute atomic E-state index is 12.4. The smallest absolute Gasteiger partial charge is 0.227 e. The maximum atomic E-state index is 12.4. The van der Waals surface area contributed by atoms with E-state index >= 15 is 0 Å². The molecule has 0 aromatic heterocycles. The predicted molar refractivity (Wildman–Crippen MR) is 72.0 cm³/mol. The molecule has 0 spiro atoms. The van der Waals surface area contributed by atoms with Crippen LogP contribution in [0.4, 0.5) is 0 Å². The first-order chi connectivity index (χ1) is 8.14. The van der Waals surface area contributed by atoms with Gasteiger partial charge in [0.05, 0.1) is 5.41 Å². The molecule has 0 aromatic carbocycles. The summed E-state index contributed by atoms with van der Waals surface area (Å²) in [7, 11) is 0. The molecular weight excluding hydrogens is 212 g/mol. The lowest BCUT2D eigenvalue weighted by Crippen LogP contribution is -2.52. The van der Waals surface area contributed by atoms with Gasteiger partial charge in [0, 0.05) is 12.6 Å². The van der Waals surface area contributed by atoms with Crippen molar-refractivity contribution in [2.75, 3.05) is 13.1 Å². The second-order valence-corrected chi connectivity index (χ2v) is 5.47. The Bertz CT molecular complexity index is 229. The molecule has 3 heteroatoms. The van der Waals surface area contributed by atoms with E-state index in [1.165, 1.54) is 0 Å². The highest BCUT2D eigenvalue weighted by atomic mass is 16.2. The normalized spacial score (nSPS) is 26.5. The van der Waals surface area contributed by atoms with Gasteiger partial charge in [0.15, 0.2) is 0 Å². The van der Waals surface area contributed by atoms with Gasteiger partial charge in [-0.15, -0.1) is 0 Å². The van der Waals surface area contributed by atoms with Gasteiger partial charge in [0.25, 0.3) is 0 Å². The molecule has 0 radical (unpaired) electrons. The summed E-state index contributed by atoms with van der Waals surface area (Å²) in [4.78, 5) is 12.4. The molecule has 1 fully saturated rings. The van der Waals surface area contributed by atoms with Gasteiger partial charge < -0.3 is 10.6 Å². The largest absolute Gasteiger partial charge is 0.353 e. The minimum absolute atomic E-state index is 0.144. The zero-order valence-corrected chi connectivity index (χ0v) is 11.6. The molecule has 2 N–H and O–H groups in total. The molecular formula is C14H28N2O. The minimum atomic E-state index is -0.144. The molecule has 17 heavy (non-hydrogen) atoms. The van der Waals surface area contributed by atoms with Crippen molar-refractivity contribution in [2.45, 2.75) is 65.3 Å². The van der Waals surface area contributed by atoms with Crippen LogP contribution >= 0.6 is 0 Å². The van der Waals surface area contributed by atoms with Gasteiger partial charge in [-0.1, -0.05) is 26.7 Å². The van der Waals surface area contributed by atoms with Crippen molar-refractivity contribution >= 4 is 5.91 Å². The number of amides is 1. The van der Waals surface area contributed by atoms with Crippen molar-refractivity contribution in [3.8, 4) is 0 Å². The summed E-state index contributed by atoms with van der Waals surface area (Å²) in [6.45, 7) is 8.35. The van der Waals surface area contributed by atoms with Crippen molar-refractivity contribution in [1.29, 1.82) is 0 Å². The first kappa shape index (κ1) is 14.5. The van der Waals surface area contributed by atoms with Crippen LogP contribution in [0, 0.1) is 5.41 Å². The SMILES string of the molecule is CCCC(C)NC(=O)C1(CCC)CCCNC1. The molecule has 0 bridgehead atoms. The van der Waals surface area contributed by atoms with Crippen molar-refractivity contribution in [3.05, 3.63) is 0 Å². The second-order valence-electron chi connectivity index (χ2n) is 5.47. The zero-order valence-electron chi connectivity index (χ0n) is 11.6. The topological polar surface area (TPSA) is 41.1 Å². The molecule has 1 aliphatic rings. The number of hydrogen-bond acceptors (Lipinski definition) is 2. The lowest BCUT2D eigenvalue weighted by molar-refractivity contribution is -0.133. The quantitative estimate of drug-likeness (QED) is 0.749. The average Bonchev–Trinajstić information content (AvgIpc) is 2.30. The lowest BCUT2D eigenvalue weighted by atomic mass is 9.76. The Balaban J connectivity index is 2.59. The van der Waals surface area contributed by atoms with E-state index < -0.39 is 0 Å². The van der Waals surface area contributed by atoms with Crippen molar-refractivity contribution in [2.24, 2.45) is 5.41 Å². The first-order valence-corrected chi connectivity index (χ1v) is 7.16. The molecule has 0 aliphatic carbocycles. The predicted octanol–water partition coefficient (Wildman–Crippen LogP) is 2.46. The third-order valence-electron chi connectivity index (χ3n) is 3.78. The lowest BCUT2D eigenvalue weighted by Gasteiger charge is -2.37. The second kappa shape index (κ2) is 7.00. The third kappa shape index (κ3) is 3.98. The van der Waals surface area contributed by atoms with Crippen LogP contribution in [0.2, 0.25) is 0 Å². The molecule has 100 valence electrons. The van der Waals surface area contributed by atoms with Crippen LogP contribution in [0.1, 0.15) is 59.3 Å². The van der Waals surface area contributed by atoms with Crippen molar-refractivity contribution < 1.29 is 4.79 Å². The van der Waals surface area contributed by atoms with Crippen LogP contribution in [0.25, 0.3) is 0 Å². The third-order valence-corrected chi connectivity index (χ3v) is 3.78. The van der Waals surface area contributed by atoms with Gasteiger partial charge in [-0.05, 0) is 39.2 Å². The van der Waals surface area contributed by atoms with E-state index in [1.807, 2.05) is 0 Å². The van der Waals surface area contributed by atoms with E-state index in [4.69, 9.17) is 0 Å². The van der Waals surface area contributed by atoms with Gasteiger partial charge in [-0.2, -0.15) is 0 Å². The Labute approximate surface area is 106 Å². The van der Waals surface area contributed by atoms with Gasteiger partial charge in [-0.3, -0.25) is 4.79 Å². The molecule has 0 saturated carbocycles. The average molecular weight is 240 g/mol. The fraction of sp³-hybridized carbons (Fsp3) is 0.929. The highest BCUT2D eigenvalue weighted by Crippen LogP contribution is 2.32. The fourth-order valence-corrected chi connectivity index (χ4v) is 2.85. The molecule has 1 heterocycles. The number of piperidine rings is 1. The monoisotopic (exact) mass is 240 g/mol. The molecule has 2 unspecified atom stereocenters. The Morgan fingerprint density at radius 2 is 2.18 bits per heavy atom. The van der Waals surface area contributed by atoms with Crippen LogP contribution in [0.15, 0.2) is 0 Å². The number of rotatable bonds is 6. The Morgan fingerprint density at radius 1 is 1.41 bits per heavy atom. The number of carbonyl (C=O) groups excluding carboxylic acids is 1. The summed E-state index contributed by atoms with van der Waals surface area (Å²) in [6, 6.07) is 0.308. The molecule has 1 rings (SSSR count). The molecule has 2 atom stereocenters. The van der Waals surface area contributed by atoms with E-state index in [1.54, 1.807) is 0 Å². The molecule has 3 nitrogen and oxygen atoms in total. The summed E-state index contributed by atoms with van der Waals surface area (Å²) >= 11 is 0. The van der Waals surface area contributed by atoms with Crippen LogP contribution in [-0.4, -0.2) is 25.0 Å². The fourth-order valence-electron chi connectivity index (χ4n) is 2.85. The molecule has 1 saturated heterocycles. The Hall–Kier alpha value is -0.570. The van der Waals surface area contributed by atoms with E-state index in [0.717, 1.165) is 51.6 Å². The highest BCUT2D eigenvalue weighted by molar-refractivity contribution is 5.83. The van der Waals surface area contributed by atoms with E-state index in [9.17, 15) is 4.79 Å².